The molecule has 0 spiro atoms. The molecule has 0 bridgehead atoms. The largest absolute Gasteiger partial charge is 0.356 e. The number of aryl methyl sites for hydroxylation is 2. The second-order valence-corrected chi connectivity index (χ2v) is 9.07. The second-order valence-electron chi connectivity index (χ2n) is 7.87. The summed E-state index contributed by atoms with van der Waals surface area (Å²) in [6.07, 6.45) is 2.22. The summed E-state index contributed by atoms with van der Waals surface area (Å²) in [6, 6.07) is 9.79. The molecule has 31 heavy (non-hydrogen) atoms. The molecule has 166 valence electrons. The Bertz CT molecular complexity index is 913. The number of benzene rings is 1. The van der Waals surface area contributed by atoms with Gasteiger partial charge in [-0.25, -0.2) is 4.98 Å². The summed E-state index contributed by atoms with van der Waals surface area (Å²) in [7, 11) is 0. The van der Waals surface area contributed by atoms with Crippen LogP contribution in [0.3, 0.4) is 0 Å². The fraction of sp³-hybridized carbons (Fsp3) is 0.478. The van der Waals surface area contributed by atoms with Crippen molar-refractivity contribution < 1.29 is 14.4 Å². The van der Waals surface area contributed by atoms with Crippen LogP contribution in [-0.2, 0) is 16.1 Å². The highest BCUT2D eigenvalue weighted by molar-refractivity contribution is 7.13. The van der Waals surface area contributed by atoms with Gasteiger partial charge in [0.15, 0.2) is 0 Å². The Kier molecular flexibility index (Phi) is 8.17. The number of nitrogens with zero attached hydrogens (tertiary/aromatic N) is 2. The Balaban J connectivity index is 1.63. The molecule has 1 saturated heterocycles. The van der Waals surface area contributed by atoms with E-state index in [0.29, 0.717) is 50.3 Å². The molecule has 1 aromatic heterocycles. The maximum absolute atomic E-state index is 13.0. The molecule has 1 fully saturated rings. The molecule has 2 N–H and O–H groups in total. The van der Waals surface area contributed by atoms with E-state index in [9.17, 15) is 14.4 Å². The molecule has 0 aliphatic carbocycles. The van der Waals surface area contributed by atoms with E-state index < -0.39 is 0 Å². The van der Waals surface area contributed by atoms with Crippen molar-refractivity contribution >= 4 is 29.1 Å². The quantitative estimate of drug-likeness (QED) is 0.762. The van der Waals surface area contributed by atoms with Crippen LogP contribution in [0.4, 0.5) is 0 Å². The van der Waals surface area contributed by atoms with E-state index in [2.05, 4.69) is 15.6 Å². The van der Waals surface area contributed by atoms with Gasteiger partial charge >= 0.3 is 0 Å². The predicted octanol–water partition coefficient (Wildman–Crippen LogP) is 2.82. The number of carbonyl (C=O) groups excluding carboxylic acids is 3. The van der Waals surface area contributed by atoms with E-state index in [1.54, 1.807) is 4.90 Å². The normalized spacial score (nSPS) is 18.1. The van der Waals surface area contributed by atoms with E-state index in [1.807, 2.05) is 44.2 Å². The lowest BCUT2D eigenvalue weighted by molar-refractivity contribution is -0.126. The van der Waals surface area contributed by atoms with E-state index >= 15 is 0 Å². The molecule has 0 radical (unpaired) electrons. The van der Waals surface area contributed by atoms with Crippen molar-refractivity contribution in [2.24, 2.45) is 5.92 Å². The van der Waals surface area contributed by atoms with Crippen LogP contribution in [-0.4, -0.2) is 47.2 Å². The first kappa shape index (κ1) is 22.9. The Labute approximate surface area is 187 Å². The van der Waals surface area contributed by atoms with Gasteiger partial charge in [-0.1, -0.05) is 30.3 Å². The minimum absolute atomic E-state index is 0.0100. The van der Waals surface area contributed by atoms with Gasteiger partial charge in [0.05, 0.1) is 10.7 Å². The highest BCUT2D eigenvalue weighted by Gasteiger charge is 2.24. The van der Waals surface area contributed by atoms with Crippen molar-refractivity contribution in [2.75, 3.05) is 19.6 Å². The molecule has 2 aromatic rings. The lowest BCUT2D eigenvalue weighted by Crippen LogP contribution is -2.35. The Morgan fingerprint density at radius 3 is 2.68 bits per heavy atom. The van der Waals surface area contributed by atoms with Crippen molar-refractivity contribution in [1.29, 1.82) is 0 Å². The van der Waals surface area contributed by atoms with Crippen LogP contribution < -0.4 is 10.6 Å². The monoisotopic (exact) mass is 442 g/mol. The van der Waals surface area contributed by atoms with Gasteiger partial charge in [-0.3, -0.25) is 14.4 Å². The Hall–Kier alpha value is -2.74. The van der Waals surface area contributed by atoms with Crippen LogP contribution in [0.2, 0.25) is 0 Å². The maximum Gasteiger partial charge on any atom is 0.265 e. The molecule has 1 aliphatic rings. The number of amides is 3. The van der Waals surface area contributed by atoms with Gasteiger partial charge in [0.1, 0.15) is 4.88 Å². The smallest absolute Gasteiger partial charge is 0.265 e. The number of aromatic nitrogens is 1. The zero-order valence-corrected chi connectivity index (χ0v) is 19.0. The van der Waals surface area contributed by atoms with Crippen LogP contribution in [0.5, 0.6) is 0 Å². The van der Waals surface area contributed by atoms with Gasteiger partial charge in [-0.2, -0.15) is 0 Å². The minimum atomic E-state index is -0.202. The lowest BCUT2D eigenvalue weighted by Gasteiger charge is -2.22. The summed E-state index contributed by atoms with van der Waals surface area (Å²) in [4.78, 5) is 44.7. The van der Waals surface area contributed by atoms with Gasteiger partial charge in [-0.05, 0) is 38.7 Å². The molecule has 2 heterocycles. The minimum Gasteiger partial charge on any atom is -0.356 e. The van der Waals surface area contributed by atoms with Gasteiger partial charge < -0.3 is 15.5 Å². The number of nitrogens with one attached hydrogen (secondary N) is 2. The Morgan fingerprint density at radius 2 is 1.97 bits per heavy atom. The fourth-order valence-corrected chi connectivity index (χ4v) is 4.65. The van der Waals surface area contributed by atoms with E-state index in [4.69, 9.17) is 0 Å². The van der Waals surface area contributed by atoms with E-state index in [-0.39, 0.29) is 30.1 Å². The molecule has 1 aromatic carbocycles. The molecule has 8 heteroatoms. The number of hydrogen-bond acceptors (Lipinski definition) is 5. The number of hydrogen-bond donors (Lipinski definition) is 2. The van der Waals surface area contributed by atoms with Crippen molar-refractivity contribution in [1.82, 2.24) is 20.5 Å². The molecule has 1 aliphatic heterocycles. The van der Waals surface area contributed by atoms with Gasteiger partial charge in [0.2, 0.25) is 11.8 Å². The number of thiazole rings is 1. The first-order valence-corrected chi connectivity index (χ1v) is 11.6. The summed E-state index contributed by atoms with van der Waals surface area (Å²) < 4.78 is 0. The molecule has 7 nitrogen and oxygen atoms in total. The maximum atomic E-state index is 13.0. The molecule has 1 unspecified atom stereocenters. The summed E-state index contributed by atoms with van der Waals surface area (Å²) >= 11 is 1.39. The predicted molar refractivity (Wildman–Crippen MR) is 121 cm³/mol. The Morgan fingerprint density at radius 1 is 1.19 bits per heavy atom. The van der Waals surface area contributed by atoms with Crippen molar-refractivity contribution in [3.63, 3.8) is 0 Å². The second kappa shape index (κ2) is 11.0. The third-order valence-corrected chi connectivity index (χ3v) is 6.53. The van der Waals surface area contributed by atoms with Gasteiger partial charge in [0.25, 0.3) is 5.91 Å². The standard InChI is InChI=1S/C23H30N4O3S/c1-16-21(31-17(2)26-16)23(30)27-13-6-9-19(10-12-24-20(28)11-14-27)22(29)25-15-18-7-4-3-5-8-18/h3-5,7-8,19H,6,9-15H2,1-2H3,(H,24,28)(H,25,29). The van der Waals surface area contributed by atoms with Crippen LogP contribution >= 0.6 is 11.3 Å². The van der Waals surface area contributed by atoms with E-state index in [1.165, 1.54) is 11.3 Å². The molecule has 3 rings (SSSR count). The average molecular weight is 443 g/mol. The molecule has 0 saturated carbocycles. The summed E-state index contributed by atoms with van der Waals surface area (Å²) in [5, 5.41) is 6.75. The first-order chi connectivity index (χ1) is 14.9. The topological polar surface area (TPSA) is 91.4 Å². The van der Waals surface area contributed by atoms with Crippen molar-refractivity contribution in [3.8, 4) is 0 Å². The molecule has 3 amide bonds. The van der Waals surface area contributed by atoms with Crippen LogP contribution in [0.25, 0.3) is 0 Å². The van der Waals surface area contributed by atoms with Crippen LogP contribution in [0, 0.1) is 19.8 Å². The lowest BCUT2D eigenvalue weighted by atomic mass is 9.98. The zero-order chi connectivity index (χ0) is 22.2. The SMILES string of the molecule is Cc1nc(C)c(C(=O)N2CCCC(C(=O)NCc3ccccc3)CCNC(=O)CC2)s1. The summed E-state index contributed by atoms with van der Waals surface area (Å²) in [5.74, 6) is -0.392. The first-order valence-electron chi connectivity index (χ1n) is 10.8. The fourth-order valence-electron chi connectivity index (χ4n) is 3.76. The van der Waals surface area contributed by atoms with Crippen LogP contribution in [0.1, 0.15) is 51.6 Å². The highest BCUT2D eigenvalue weighted by atomic mass is 32.1. The molecule has 1 atom stereocenters. The van der Waals surface area contributed by atoms with Crippen molar-refractivity contribution in [2.45, 2.75) is 46.1 Å². The molecular formula is C23H30N4O3S. The third-order valence-electron chi connectivity index (χ3n) is 5.47. The van der Waals surface area contributed by atoms with Gasteiger partial charge in [-0.15, -0.1) is 11.3 Å². The number of rotatable bonds is 4. The molecular weight excluding hydrogens is 412 g/mol. The summed E-state index contributed by atoms with van der Waals surface area (Å²) in [5.41, 5.74) is 1.78. The van der Waals surface area contributed by atoms with E-state index in [0.717, 1.165) is 16.3 Å². The number of carbonyl (C=O) groups is 3. The summed E-state index contributed by atoms with van der Waals surface area (Å²) in [6.45, 7) is 5.55. The zero-order valence-electron chi connectivity index (χ0n) is 18.1. The third kappa shape index (κ3) is 6.62. The average Bonchev–Trinajstić information content (AvgIpc) is 3.08. The van der Waals surface area contributed by atoms with Crippen molar-refractivity contribution in [3.05, 3.63) is 51.5 Å². The van der Waals surface area contributed by atoms with Crippen LogP contribution in [0.15, 0.2) is 30.3 Å². The highest BCUT2D eigenvalue weighted by Crippen LogP contribution is 2.21. The van der Waals surface area contributed by atoms with Gasteiger partial charge in [0, 0.05) is 38.5 Å².